The molecule has 0 aliphatic rings. The Morgan fingerprint density at radius 1 is 1.20 bits per heavy atom. The van der Waals surface area contributed by atoms with Crippen molar-refractivity contribution in [1.29, 1.82) is 0 Å². The number of aromatic nitrogens is 2. The van der Waals surface area contributed by atoms with E-state index in [0.717, 1.165) is 27.6 Å². The largest absolute Gasteiger partial charge is 0.488 e. The molecular formula is C16H16N2O2. The van der Waals surface area contributed by atoms with E-state index in [0.29, 0.717) is 6.61 Å². The van der Waals surface area contributed by atoms with Crippen LogP contribution in [0.1, 0.15) is 11.1 Å². The molecule has 0 saturated heterocycles. The molecule has 0 saturated carbocycles. The number of hydrogen-bond donors (Lipinski definition) is 1. The lowest BCUT2D eigenvalue weighted by Crippen LogP contribution is -1.99. The fraction of sp³-hybridized carbons (Fsp3) is 0.188. The van der Waals surface area contributed by atoms with Gasteiger partial charge in [-0.15, -0.1) is 0 Å². The zero-order chi connectivity index (χ0) is 13.9. The lowest BCUT2D eigenvalue weighted by Gasteiger charge is -2.12. The predicted molar refractivity (Wildman–Crippen MR) is 77.4 cm³/mol. The summed E-state index contributed by atoms with van der Waals surface area (Å²) in [6.07, 6.45) is 3.69. The standard InChI is InChI=1S/C16H16N2O2/c1-18-9-12(8-17-18)11-20-16-7-6-13-4-2-3-5-14(13)15(16)10-19/h2-9,19H,10-11H2,1H3. The third kappa shape index (κ3) is 2.38. The molecule has 0 unspecified atom stereocenters. The van der Waals surface area contributed by atoms with Crippen LogP contribution < -0.4 is 4.74 Å². The van der Waals surface area contributed by atoms with Gasteiger partial charge in [0, 0.05) is 24.4 Å². The van der Waals surface area contributed by atoms with E-state index in [1.54, 1.807) is 10.9 Å². The topological polar surface area (TPSA) is 47.3 Å². The third-order valence-corrected chi connectivity index (χ3v) is 3.31. The number of benzene rings is 2. The predicted octanol–water partition coefficient (Wildman–Crippen LogP) is 2.64. The summed E-state index contributed by atoms with van der Waals surface area (Å²) in [5.41, 5.74) is 1.83. The number of aliphatic hydroxyl groups excluding tert-OH is 1. The van der Waals surface area contributed by atoms with Crippen LogP contribution in [0.5, 0.6) is 5.75 Å². The minimum absolute atomic E-state index is 0.0380. The van der Waals surface area contributed by atoms with Gasteiger partial charge in [-0.05, 0) is 16.8 Å². The van der Waals surface area contributed by atoms with E-state index in [-0.39, 0.29) is 6.61 Å². The van der Waals surface area contributed by atoms with Crippen molar-refractivity contribution < 1.29 is 9.84 Å². The first kappa shape index (κ1) is 12.7. The fourth-order valence-corrected chi connectivity index (χ4v) is 2.32. The van der Waals surface area contributed by atoms with Crippen LogP contribution in [0.15, 0.2) is 48.8 Å². The monoisotopic (exact) mass is 268 g/mol. The van der Waals surface area contributed by atoms with Gasteiger partial charge < -0.3 is 9.84 Å². The average Bonchev–Trinajstić information content (AvgIpc) is 2.90. The summed E-state index contributed by atoms with van der Waals surface area (Å²) in [5.74, 6) is 0.718. The molecule has 1 N–H and O–H groups in total. The Morgan fingerprint density at radius 3 is 2.80 bits per heavy atom. The Hall–Kier alpha value is -2.33. The molecule has 0 fully saturated rings. The molecule has 3 aromatic rings. The van der Waals surface area contributed by atoms with Crippen molar-refractivity contribution >= 4 is 10.8 Å². The van der Waals surface area contributed by atoms with Gasteiger partial charge in [0.05, 0.1) is 12.8 Å². The average molecular weight is 268 g/mol. The summed E-state index contributed by atoms with van der Waals surface area (Å²) in [4.78, 5) is 0. The minimum Gasteiger partial charge on any atom is -0.488 e. The van der Waals surface area contributed by atoms with Crippen LogP contribution in [0.2, 0.25) is 0 Å². The molecule has 102 valence electrons. The van der Waals surface area contributed by atoms with Crippen LogP contribution >= 0.6 is 0 Å². The molecule has 20 heavy (non-hydrogen) atoms. The quantitative estimate of drug-likeness (QED) is 0.791. The number of hydrogen-bond acceptors (Lipinski definition) is 3. The Balaban J connectivity index is 1.91. The van der Waals surface area contributed by atoms with Crippen molar-refractivity contribution in [3.05, 3.63) is 59.9 Å². The fourth-order valence-electron chi connectivity index (χ4n) is 2.32. The second-order valence-corrected chi connectivity index (χ2v) is 4.73. The summed E-state index contributed by atoms with van der Waals surface area (Å²) in [6.45, 7) is 0.406. The number of ether oxygens (including phenoxy) is 1. The summed E-state index contributed by atoms with van der Waals surface area (Å²) in [7, 11) is 1.87. The molecule has 0 amide bonds. The Morgan fingerprint density at radius 2 is 2.05 bits per heavy atom. The molecule has 0 radical (unpaired) electrons. The molecule has 1 aromatic heterocycles. The van der Waals surface area contributed by atoms with Crippen molar-refractivity contribution in [2.24, 2.45) is 7.05 Å². The van der Waals surface area contributed by atoms with Crippen molar-refractivity contribution in [3.8, 4) is 5.75 Å². The number of aliphatic hydroxyl groups is 1. The molecule has 2 aromatic carbocycles. The first-order chi connectivity index (χ1) is 9.78. The van der Waals surface area contributed by atoms with E-state index >= 15 is 0 Å². The smallest absolute Gasteiger partial charge is 0.125 e. The van der Waals surface area contributed by atoms with Crippen molar-refractivity contribution in [2.75, 3.05) is 0 Å². The highest BCUT2D eigenvalue weighted by Crippen LogP contribution is 2.28. The second kappa shape index (κ2) is 5.35. The van der Waals surface area contributed by atoms with Gasteiger partial charge in [-0.1, -0.05) is 30.3 Å². The molecule has 0 bridgehead atoms. The zero-order valence-corrected chi connectivity index (χ0v) is 11.3. The third-order valence-electron chi connectivity index (χ3n) is 3.31. The lowest BCUT2D eigenvalue weighted by molar-refractivity contribution is 0.261. The van der Waals surface area contributed by atoms with E-state index in [2.05, 4.69) is 5.10 Å². The van der Waals surface area contributed by atoms with E-state index < -0.39 is 0 Å². The molecule has 0 spiro atoms. The Bertz CT molecular complexity index is 734. The molecule has 0 aliphatic carbocycles. The number of nitrogens with zero attached hydrogens (tertiary/aromatic N) is 2. The summed E-state index contributed by atoms with van der Waals surface area (Å²) < 4.78 is 7.56. The summed E-state index contributed by atoms with van der Waals surface area (Å²) in [6, 6.07) is 11.9. The van der Waals surface area contributed by atoms with Crippen molar-refractivity contribution in [2.45, 2.75) is 13.2 Å². The van der Waals surface area contributed by atoms with Gasteiger partial charge in [-0.2, -0.15) is 5.10 Å². The maximum Gasteiger partial charge on any atom is 0.125 e. The van der Waals surface area contributed by atoms with Gasteiger partial charge in [0.1, 0.15) is 12.4 Å². The number of aryl methyl sites for hydroxylation is 1. The highest BCUT2D eigenvalue weighted by atomic mass is 16.5. The summed E-state index contributed by atoms with van der Waals surface area (Å²) in [5, 5.41) is 15.9. The van der Waals surface area contributed by atoms with Crippen LogP contribution in [-0.2, 0) is 20.3 Å². The molecule has 4 nitrogen and oxygen atoms in total. The normalized spacial score (nSPS) is 10.9. The number of fused-ring (bicyclic) bond motifs is 1. The molecule has 4 heteroatoms. The van der Waals surface area contributed by atoms with Gasteiger partial charge in [0.15, 0.2) is 0 Å². The molecule has 0 atom stereocenters. The summed E-state index contributed by atoms with van der Waals surface area (Å²) >= 11 is 0. The van der Waals surface area contributed by atoms with E-state index in [4.69, 9.17) is 4.74 Å². The second-order valence-electron chi connectivity index (χ2n) is 4.73. The minimum atomic E-state index is -0.0380. The van der Waals surface area contributed by atoms with Crippen molar-refractivity contribution in [3.63, 3.8) is 0 Å². The molecule has 1 heterocycles. The zero-order valence-electron chi connectivity index (χ0n) is 11.3. The van der Waals surface area contributed by atoms with Crippen LogP contribution in [0.25, 0.3) is 10.8 Å². The van der Waals surface area contributed by atoms with Gasteiger partial charge >= 0.3 is 0 Å². The SMILES string of the molecule is Cn1cc(COc2ccc3ccccc3c2CO)cn1. The van der Waals surface area contributed by atoms with Gasteiger partial charge in [-0.25, -0.2) is 0 Å². The first-order valence-corrected chi connectivity index (χ1v) is 6.50. The van der Waals surface area contributed by atoms with E-state index in [1.165, 1.54) is 0 Å². The van der Waals surface area contributed by atoms with Gasteiger partial charge in [-0.3, -0.25) is 4.68 Å². The highest BCUT2D eigenvalue weighted by Gasteiger charge is 2.08. The van der Waals surface area contributed by atoms with Crippen LogP contribution in [-0.4, -0.2) is 14.9 Å². The van der Waals surface area contributed by atoms with E-state index in [1.807, 2.05) is 49.6 Å². The van der Waals surface area contributed by atoms with Crippen LogP contribution in [0, 0.1) is 0 Å². The van der Waals surface area contributed by atoms with E-state index in [9.17, 15) is 5.11 Å². The first-order valence-electron chi connectivity index (χ1n) is 6.50. The van der Waals surface area contributed by atoms with Crippen LogP contribution in [0.3, 0.4) is 0 Å². The Labute approximate surface area is 117 Å². The maximum absolute atomic E-state index is 9.62. The van der Waals surface area contributed by atoms with Crippen LogP contribution in [0.4, 0.5) is 0 Å². The maximum atomic E-state index is 9.62. The molecular weight excluding hydrogens is 252 g/mol. The number of rotatable bonds is 4. The highest BCUT2D eigenvalue weighted by molar-refractivity contribution is 5.87. The molecule has 3 rings (SSSR count). The Kier molecular flexibility index (Phi) is 3.39. The van der Waals surface area contributed by atoms with Gasteiger partial charge in [0.2, 0.25) is 0 Å². The van der Waals surface area contributed by atoms with Gasteiger partial charge in [0.25, 0.3) is 0 Å². The lowest BCUT2D eigenvalue weighted by atomic mass is 10.0. The molecule has 0 aliphatic heterocycles. The van der Waals surface area contributed by atoms with Crippen molar-refractivity contribution in [1.82, 2.24) is 9.78 Å².